The molecule has 6 nitrogen and oxygen atoms in total. The van der Waals surface area contributed by atoms with Gasteiger partial charge in [-0.15, -0.1) is 0 Å². The van der Waals surface area contributed by atoms with Gasteiger partial charge >= 0.3 is 17.9 Å². The number of carbonyl (C=O) groups excluding carboxylic acids is 3. The van der Waals surface area contributed by atoms with Gasteiger partial charge in [-0.05, 0) is 83.5 Å². The van der Waals surface area contributed by atoms with Gasteiger partial charge in [0.15, 0.2) is 6.10 Å². The van der Waals surface area contributed by atoms with Crippen LogP contribution in [0.25, 0.3) is 0 Å². The van der Waals surface area contributed by atoms with Crippen molar-refractivity contribution in [1.29, 1.82) is 0 Å². The smallest absolute Gasteiger partial charge is 0.306 e. The molecule has 0 saturated carbocycles. The lowest BCUT2D eigenvalue weighted by molar-refractivity contribution is -0.167. The maximum atomic E-state index is 12.9. The van der Waals surface area contributed by atoms with E-state index in [1.54, 1.807) is 0 Å². The number of rotatable bonds is 61. The highest BCUT2D eigenvalue weighted by atomic mass is 16.6. The van der Waals surface area contributed by atoms with Crippen molar-refractivity contribution in [3.05, 3.63) is 48.6 Å². The van der Waals surface area contributed by atoms with E-state index in [0.29, 0.717) is 19.3 Å². The van der Waals surface area contributed by atoms with Gasteiger partial charge in [-0.25, -0.2) is 0 Å². The Morgan fingerprint density at radius 3 is 0.773 bits per heavy atom. The number of hydrogen-bond acceptors (Lipinski definition) is 6. The van der Waals surface area contributed by atoms with E-state index in [0.717, 1.165) is 83.5 Å². The average Bonchev–Trinajstić information content (AvgIpc) is 3.41. The highest BCUT2D eigenvalue weighted by molar-refractivity contribution is 5.71. The second kappa shape index (κ2) is 63.9. The SMILES string of the molecule is CCCCC/C=C\C/C=C\CCCCCCCCCC(=O)OCC(COC(=O)CCCCCCCCCCCCCCCCCCCCCCCC)OC(=O)CCCCCCCCC/C=C\C/C=C\CCCCCC. The zero-order valence-corrected chi connectivity index (χ0v) is 50.3. The third kappa shape index (κ3) is 62.1. The highest BCUT2D eigenvalue weighted by Gasteiger charge is 2.19. The van der Waals surface area contributed by atoms with E-state index in [2.05, 4.69) is 69.4 Å². The van der Waals surface area contributed by atoms with E-state index >= 15 is 0 Å². The summed E-state index contributed by atoms with van der Waals surface area (Å²) in [5.74, 6) is -0.868. The number of ether oxygens (including phenoxy) is 3. The molecule has 0 amide bonds. The number of allylic oxidation sites excluding steroid dienone is 8. The summed E-state index contributed by atoms with van der Waals surface area (Å²) in [4.78, 5) is 38.4. The van der Waals surface area contributed by atoms with Crippen LogP contribution < -0.4 is 0 Å². The van der Waals surface area contributed by atoms with Crippen LogP contribution in [0.15, 0.2) is 48.6 Å². The fourth-order valence-electron chi connectivity index (χ4n) is 9.80. The van der Waals surface area contributed by atoms with Crippen molar-refractivity contribution >= 4 is 17.9 Å². The minimum Gasteiger partial charge on any atom is -0.462 e. The van der Waals surface area contributed by atoms with Crippen LogP contribution in [0.4, 0.5) is 0 Å². The van der Waals surface area contributed by atoms with Crippen molar-refractivity contribution < 1.29 is 28.6 Å². The molecule has 0 radical (unpaired) electrons. The molecule has 0 aromatic rings. The summed E-state index contributed by atoms with van der Waals surface area (Å²) >= 11 is 0. The van der Waals surface area contributed by atoms with Crippen LogP contribution in [0.2, 0.25) is 0 Å². The van der Waals surface area contributed by atoms with Crippen LogP contribution in [0.5, 0.6) is 0 Å². The maximum Gasteiger partial charge on any atom is 0.306 e. The van der Waals surface area contributed by atoms with E-state index in [4.69, 9.17) is 14.2 Å². The maximum absolute atomic E-state index is 12.9. The molecule has 1 unspecified atom stereocenters. The van der Waals surface area contributed by atoms with Crippen molar-refractivity contribution in [3.63, 3.8) is 0 Å². The zero-order chi connectivity index (χ0) is 54.3. The quantitative estimate of drug-likeness (QED) is 0.0261. The Labute approximate surface area is 467 Å². The largest absolute Gasteiger partial charge is 0.462 e. The molecule has 0 aromatic heterocycles. The molecular formula is C69H126O6. The molecule has 0 aliphatic carbocycles. The van der Waals surface area contributed by atoms with Gasteiger partial charge in [0.1, 0.15) is 13.2 Å². The van der Waals surface area contributed by atoms with Gasteiger partial charge in [0.2, 0.25) is 0 Å². The molecule has 75 heavy (non-hydrogen) atoms. The number of unbranched alkanes of at least 4 members (excludes halogenated alkanes) is 42. The predicted molar refractivity (Wildman–Crippen MR) is 325 cm³/mol. The van der Waals surface area contributed by atoms with Crippen molar-refractivity contribution in [2.75, 3.05) is 13.2 Å². The van der Waals surface area contributed by atoms with Crippen molar-refractivity contribution in [3.8, 4) is 0 Å². The van der Waals surface area contributed by atoms with Gasteiger partial charge in [-0.2, -0.15) is 0 Å². The summed E-state index contributed by atoms with van der Waals surface area (Å²) in [5.41, 5.74) is 0. The molecule has 0 aliphatic heterocycles. The Morgan fingerprint density at radius 2 is 0.480 bits per heavy atom. The normalized spacial score (nSPS) is 12.3. The van der Waals surface area contributed by atoms with Crippen LogP contribution in [-0.4, -0.2) is 37.2 Å². The third-order valence-corrected chi connectivity index (χ3v) is 14.8. The average molecular weight is 1050 g/mol. The molecule has 0 bridgehead atoms. The minimum atomic E-state index is -0.780. The summed E-state index contributed by atoms with van der Waals surface area (Å²) in [5, 5.41) is 0. The first kappa shape index (κ1) is 72.4. The monoisotopic (exact) mass is 1050 g/mol. The lowest BCUT2D eigenvalue weighted by Crippen LogP contribution is -2.30. The first-order chi connectivity index (χ1) is 37.0. The molecule has 0 fully saturated rings. The number of esters is 3. The van der Waals surface area contributed by atoms with E-state index in [1.807, 2.05) is 0 Å². The van der Waals surface area contributed by atoms with Gasteiger partial charge in [-0.3, -0.25) is 14.4 Å². The molecule has 0 aliphatic rings. The van der Waals surface area contributed by atoms with Crippen LogP contribution in [0.1, 0.15) is 355 Å². The fraction of sp³-hybridized carbons (Fsp3) is 0.841. The summed E-state index contributed by atoms with van der Waals surface area (Å²) in [6.07, 6.45) is 79.7. The van der Waals surface area contributed by atoms with Crippen LogP contribution in [0.3, 0.4) is 0 Å². The van der Waals surface area contributed by atoms with Gasteiger partial charge < -0.3 is 14.2 Å². The standard InChI is InChI=1S/C69H126O6/c1-4-7-10-13-16-19-22-25-28-31-33-34-35-36-39-41-44-47-50-53-56-59-62-68(71)74-65-66(64-73-67(70)61-58-55-52-49-46-43-40-37-30-27-24-21-18-15-12-9-6-3)75-69(72)63-60-57-54-51-48-45-42-38-32-29-26-23-20-17-14-11-8-5-2/h18,20-21,23,27,29-30,32,66H,4-17,19,22,24-26,28,31,33-65H2,1-3H3/b21-18-,23-20-,30-27-,32-29-. The first-order valence-corrected chi connectivity index (χ1v) is 33.1. The summed E-state index contributed by atoms with van der Waals surface area (Å²) in [6.45, 7) is 6.65. The summed E-state index contributed by atoms with van der Waals surface area (Å²) in [6, 6.07) is 0. The minimum absolute atomic E-state index is 0.0753. The van der Waals surface area contributed by atoms with E-state index in [1.165, 1.54) is 231 Å². The molecule has 1 atom stereocenters. The van der Waals surface area contributed by atoms with Crippen LogP contribution >= 0.6 is 0 Å². The predicted octanol–water partition coefficient (Wildman–Crippen LogP) is 22.6. The molecule has 0 saturated heterocycles. The molecule has 0 aromatic carbocycles. The Bertz CT molecular complexity index is 1300. The van der Waals surface area contributed by atoms with E-state index in [9.17, 15) is 14.4 Å². The van der Waals surface area contributed by atoms with Crippen LogP contribution in [0, 0.1) is 0 Å². The van der Waals surface area contributed by atoms with Gasteiger partial charge in [0.25, 0.3) is 0 Å². The van der Waals surface area contributed by atoms with Crippen molar-refractivity contribution in [1.82, 2.24) is 0 Å². The van der Waals surface area contributed by atoms with Gasteiger partial charge in [-0.1, -0.05) is 301 Å². The Hall–Kier alpha value is -2.63. The van der Waals surface area contributed by atoms with E-state index < -0.39 is 6.10 Å². The molecule has 6 heteroatoms. The van der Waals surface area contributed by atoms with Gasteiger partial charge in [0.05, 0.1) is 0 Å². The number of carbonyl (C=O) groups is 3. The second-order valence-electron chi connectivity index (χ2n) is 22.4. The molecule has 0 N–H and O–H groups in total. The summed E-state index contributed by atoms with van der Waals surface area (Å²) in [7, 11) is 0. The molecular weight excluding hydrogens is 925 g/mol. The number of hydrogen-bond donors (Lipinski definition) is 0. The first-order valence-electron chi connectivity index (χ1n) is 33.1. The lowest BCUT2D eigenvalue weighted by atomic mass is 10.0. The Morgan fingerprint density at radius 1 is 0.267 bits per heavy atom. The van der Waals surface area contributed by atoms with Crippen molar-refractivity contribution in [2.24, 2.45) is 0 Å². The van der Waals surface area contributed by atoms with Crippen molar-refractivity contribution in [2.45, 2.75) is 361 Å². The van der Waals surface area contributed by atoms with E-state index in [-0.39, 0.29) is 31.1 Å². The molecule has 0 spiro atoms. The summed E-state index contributed by atoms with van der Waals surface area (Å²) < 4.78 is 17.0. The second-order valence-corrected chi connectivity index (χ2v) is 22.4. The Kier molecular flexibility index (Phi) is 61.7. The van der Waals surface area contributed by atoms with Crippen LogP contribution in [-0.2, 0) is 28.6 Å². The Balaban J connectivity index is 4.33. The topological polar surface area (TPSA) is 78.9 Å². The molecule has 0 rings (SSSR count). The third-order valence-electron chi connectivity index (χ3n) is 14.8. The fourth-order valence-corrected chi connectivity index (χ4v) is 9.80. The zero-order valence-electron chi connectivity index (χ0n) is 50.3. The molecule has 438 valence electrons. The molecule has 0 heterocycles. The van der Waals surface area contributed by atoms with Gasteiger partial charge in [0, 0.05) is 19.3 Å². The lowest BCUT2D eigenvalue weighted by Gasteiger charge is -2.18. The highest BCUT2D eigenvalue weighted by Crippen LogP contribution is 2.18.